The molecular formula is C25H32N4O. The molecule has 30 heavy (non-hydrogen) atoms. The lowest BCUT2D eigenvalue weighted by Gasteiger charge is -2.39. The Balaban J connectivity index is 1.32. The third-order valence-corrected chi connectivity index (χ3v) is 6.89. The molecule has 2 aromatic rings. The zero-order chi connectivity index (χ0) is 21.0. The van der Waals surface area contributed by atoms with Crippen molar-refractivity contribution in [2.45, 2.75) is 57.2 Å². The molecule has 1 amide bonds. The molecule has 2 fully saturated rings. The van der Waals surface area contributed by atoms with Crippen LogP contribution in [0.1, 0.15) is 44.6 Å². The van der Waals surface area contributed by atoms with Crippen molar-refractivity contribution >= 4 is 16.7 Å². The lowest BCUT2D eigenvalue weighted by molar-refractivity contribution is -0.128. The van der Waals surface area contributed by atoms with Crippen LogP contribution in [0.25, 0.3) is 10.8 Å². The predicted octanol–water partition coefficient (Wildman–Crippen LogP) is 3.69. The van der Waals surface area contributed by atoms with Gasteiger partial charge in [0.25, 0.3) is 0 Å². The van der Waals surface area contributed by atoms with Crippen LogP contribution in [-0.2, 0) is 11.3 Å². The highest BCUT2D eigenvalue weighted by molar-refractivity contribution is 5.85. The Morgan fingerprint density at radius 3 is 2.50 bits per heavy atom. The van der Waals surface area contributed by atoms with Gasteiger partial charge < -0.3 is 5.32 Å². The minimum atomic E-state index is -0.653. The van der Waals surface area contributed by atoms with E-state index in [1.54, 1.807) is 0 Å². The molecule has 5 heteroatoms. The predicted molar refractivity (Wildman–Crippen MR) is 120 cm³/mol. The van der Waals surface area contributed by atoms with Crippen molar-refractivity contribution in [2.24, 2.45) is 0 Å². The number of benzene rings is 2. The Kier molecular flexibility index (Phi) is 6.36. The summed E-state index contributed by atoms with van der Waals surface area (Å²) >= 11 is 0. The number of piperazine rings is 1. The van der Waals surface area contributed by atoms with Crippen LogP contribution < -0.4 is 5.32 Å². The highest BCUT2D eigenvalue weighted by atomic mass is 16.2. The highest BCUT2D eigenvalue weighted by Gasteiger charge is 2.36. The van der Waals surface area contributed by atoms with Gasteiger partial charge in [-0.05, 0) is 36.1 Å². The summed E-state index contributed by atoms with van der Waals surface area (Å²) in [5.41, 5.74) is 0.709. The first kappa shape index (κ1) is 20.8. The van der Waals surface area contributed by atoms with E-state index in [1.807, 2.05) is 6.92 Å². The third-order valence-electron chi connectivity index (χ3n) is 6.89. The van der Waals surface area contributed by atoms with E-state index >= 15 is 0 Å². The molecule has 2 aromatic carbocycles. The van der Waals surface area contributed by atoms with E-state index in [-0.39, 0.29) is 11.9 Å². The van der Waals surface area contributed by atoms with Crippen molar-refractivity contribution in [1.29, 1.82) is 5.26 Å². The zero-order valence-electron chi connectivity index (χ0n) is 17.9. The number of carbonyl (C=O) groups excluding carboxylic acids is 1. The van der Waals surface area contributed by atoms with Gasteiger partial charge in [-0.1, -0.05) is 61.7 Å². The molecule has 0 bridgehead atoms. The summed E-state index contributed by atoms with van der Waals surface area (Å²) in [4.78, 5) is 17.6. The van der Waals surface area contributed by atoms with E-state index in [4.69, 9.17) is 0 Å². The highest BCUT2D eigenvalue weighted by Crippen LogP contribution is 2.28. The maximum absolute atomic E-state index is 12.9. The lowest BCUT2D eigenvalue weighted by Crippen LogP contribution is -2.58. The number of hydrogen-bond donors (Lipinski definition) is 1. The molecule has 158 valence electrons. The number of rotatable bonds is 5. The Morgan fingerprint density at radius 2 is 1.77 bits per heavy atom. The molecule has 1 aliphatic heterocycles. The average molecular weight is 405 g/mol. The van der Waals surface area contributed by atoms with E-state index in [0.717, 1.165) is 64.8 Å². The maximum atomic E-state index is 12.9. The van der Waals surface area contributed by atoms with Crippen LogP contribution in [0.3, 0.4) is 0 Å². The maximum Gasteiger partial charge on any atom is 0.238 e. The molecule has 1 heterocycles. The molecule has 5 nitrogen and oxygen atoms in total. The van der Waals surface area contributed by atoms with Crippen LogP contribution in [0.2, 0.25) is 0 Å². The Hall–Kier alpha value is -2.42. The number of amides is 1. The standard InChI is InChI=1S/C25H32N4O/c1-20(24(30)27-25(19-26)12-5-2-6-13-25)29-16-14-28(15-17-29)18-22-10-7-9-21-8-3-4-11-23(21)22/h3-4,7-11,20H,2,5-6,12-18H2,1H3,(H,27,30). The van der Waals surface area contributed by atoms with Crippen LogP contribution in [-0.4, -0.2) is 53.5 Å². The van der Waals surface area contributed by atoms with Crippen molar-refractivity contribution in [3.05, 3.63) is 48.0 Å². The summed E-state index contributed by atoms with van der Waals surface area (Å²) in [5, 5.41) is 15.4. The number of carbonyl (C=O) groups is 1. The van der Waals surface area contributed by atoms with Crippen molar-refractivity contribution in [3.63, 3.8) is 0 Å². The SMILES string of the molecule is CC(C(=O)NC1(C#N)CCCCC1)N1CCN(Cc2cccc3ccccc23)CC1. The van der Waals surface area contributed by atoms with E-state index in [1.165, 1.54) is 16.3 Å². The number of fused-ring (bicyclic) bond motifs is 1. The van der Waals surface area contributed by atoms with Gasteiger partial charge in [0.2, 0.25) is 5.91 Å². The molecule has 0 radical (unpaired) electrons. The summed E-state index contributed by atoms with van der Waals surface area (Å²) in [5.74, 6) is 0.000883. The number of nitrogens with zero attached hydrogens (tertiary/aromatic N) is 3. The van der Waals surface area contributed by atoms with Crippen molar-refractivity contribution in [3.8, 4) is 6.07 Å². The molecule has 2 aliphatic rings. The fourth-order valence-corrected chi connectivity index (χ4v) is 4.91. The van der Waals surface area contributed by atoms with Gasteiger partial charge in [0.05, 0.1) is 12.1 Å². The second-order valence-electron chi connectivity index (χ2n) is 8.87. The molecule has 0 aromatic heterocycles. The monoisotopic (exact) mass is 404 g/mol. The van der Waals surface area contributed by atoms with Crippen molar-refractivity contribution in [1.82, 2.24) is 15.1 Å². The van der Waals surface area contributed by atoms with Crippen molar-refractivity contribution < 1.29 is 4.79 Å². The first-order valence-corrected chi connectivity index (χ1v) is 11.3. The van der Waals surface area contributed by atoms with Crippen molar-refractivity contribution in [2.75, 3.05) is 26.2 Å². The molecule has 1 saturated carbocycles. The second-order valence-corrected chi connectivity index (χ2v) is 8.87. The van der Waals surface area contributed by atoms with Crippen LogP contribution in [0.15, 0.2) is 42.5 Å². The van der Waals surface area contributed by atoms with Gasteiger partial charge in [-0.2, -0.15) is 5.26 Å². The summed E-state index contributed by atoms with van der Waals surface area (Å²) in [6, 6.07) is 17.3. The molecule has 4 rings (SSSR count). The largest absolute Gasteiger partial charge is 0.336 e. The van der Waals surface area contributed by atoms with E-state index in [9.17, 15) is 10.1 Å². The van der Waals surface area contributed by atoms with Gasteiger partial charge in [-0.15, -0.1) is 0 Å². The van der Waals surface area contributed by atoms with Gasteiger partial charge in [0.15, 0.2) is 0 Å². The number of nitrogens with one attached hydrogen (secondary N) is 1. The third kappa shape index (κ3) is 4.50. The molecule has 1 unspecified atom stereocenters. The number of nitriles is 1. The molecule has 1 saturated heterocycles. The lowest BCUT2D eigenvalue weighted by atomic mass is 9.82. The Bertz CT molecular complexity index is 915. The second kappa shape index (κ2) is 9.16. The van der Waals surface area contributed by atoms with Crippen LogP contribution in [0.4, 0.5) is 0 Å². The molecule has 1 atom stereocenters. The minimum absolute atomic E-state index is 0.000883. The molecule has 0 spiro atoms. The summed E-state index contributed by atoms with van der Waals surface area (Å²) < 4.78 is 0. The normalized spacial score (nSPS) is 21.1. The first-order valence-electron chi connectivity index (χ1n) is 11.3. The fraction of sp³-hybridized carbons (Fsp3) is 0.520. The summed E-state index contributed by atoms with van der Waals surface area (Å²) in [6.45, 7) is 6.56. The van der Waals surface area contributed by atoms with E-state index < -0.39 is 5.54 Å². The van der Waals surface area contributed by atoms with E-state index in [0.29, 0.717) is 0 Å². The van der Waals surface area contributed by atoms with Gasteiger partial charge in [-0.3, -0.25) is 14.6 Å². The van der Waals surface area contributed by atoms with Gasteiger partial charge >= 0.3 is 0 Å². The van der Waals surface area contributed by atoms with Crippen LogP contribution >= 0.6 is 0 Å². The topological polar surface area (TPSA) is 59.4 Å². The minimum Gasteiger partial charge on any atom is -0.336 e. The van der Waals surface area contributed by atoms with E-state index in [2.05, 4.69) is 63.7 Å². The van der Waals surface area contributed by atoms with Gasteiger partial charge in [0.1, 0.15) is 5.54 Å². The quantitative estimate of drug-likeness (QED) is 0.826. The first-order chi connectivity index (χ1) is 14.6. The van der Waals surface area contributed by atoms with Crippen LogP contribution in [0.5, 0.6) is 0 Å². The Morgan fingerprint density at radius 1 is 1.07 bits per heavy atom. The van der Waals surface area contributed by atoms with Gasteiger partial charge in [-0.25, -0.2) is 0 Å². The average Bonchev–Trinajstić information content (AvgIpc) is 2.80. The zero-order valence-corrected chi connectivity index (χ0v) is 17.9. The van der Waals surface area contributed by atoms with Crippen LogP contribution in [0, 0.1) is 11.3 Å². The van der Waals surface area contributed by atoms with Gasteiger partial charge in [0, 0.05) is 32.7 Å². The summed E-state index contributed by atoms with van der Waals surface area (Å²) in [6.07, 6.45) is 4.76. The molecule has 1 N–H and O–H groups in total. The smallest absolute Gasteiger partial charge is 0.238 e. The fourth-order valence-electron chi connectivity index (χ4n) is 4.91. The number of hydrogen-bond acceptors (Lipinski definition) is 4. The molecular weight excluding hydrogens is 372 g/mol. The molecule has 1 aliphatic carbocycles. The Labute approximate surface area is 179 Å². The summed E-state index contributed by atoms with van der Waals surface area (Å²) in [7, 11) is 0.